The molecule has 0 spiro atoms. The summed E-state index contributed by atoms with van der Waals surface area (Å²) >= 11 is 0. The average Bonchev–Trinajstić information content (AvgIpc) is 2.53. The first-order chi connectivity index (χ1) is 14.7. The number of carbonyl (C=O) groups excluding carboxylic acids is 1. The summed E-state index contributed by atoms with van der Waals surface area (Å²) in [6, 6.07) is 0.703. The highest BCUT2D eigenvalue weighted by atomic mass is 28.5. The molecule has 202 valence electrons. The molecule has 0 aromatic heterocycles. The summed E-state index contributed by atoms with van der Waals surface area (Å²) < 4.78 is 21.8. The van der Waals surface area contributed by atoms with Crippen LogP contribution in [0.25, 0.3) is 0 Å². The van der Waals surface area contributed by atoms with Gasteiger partial charge in [-0.3, -0.25) is 4.79 Å². The molecule has 9 heteroatoms. The molecule has 0 aliphatic carbocycles. The van der Waals surface area contributed by atoms with Crippen LogP contribution in [0.3, 0.4) is 0 Å². The highest BCUT2D eigenvalue weighted by molar-refractivity contribution is 6.92. The zero-order valence-electron chi connectivity index (χ0n) is 25.5. The molecule has 0 radical (unpaired) electrons. The van der Waals surface area contributed by atoms with Crippen molar-refractivity contribution in [3.05, 3.63) is 12.2 Å². The van der Waals surface area contributed by atoms with Crippen molar-refractivity contribution in [2.75, 3.05) is 6.54 Å². The molecule has 0 fully saturated rings. The van der Waals surface area contributed by atoms with Crippen molar-refractivity contribution in [3.63, 3.8) is 0 Å². The first-order valence-electron chi connectivity index (χ1n) is 12.7. The maximum Gasteiger partial charge on any atom is 0.469 e. The van der Waals surface area contributed by atoms with Crippen molar-refractivity contribution in [2.45, 2.75) is 136 Å². The topological polar surface area (TPSA) is 56.8 Å². The zero-order valence-corrected chi connectivity index (χ0v) is 29.5. The van der Waals surface area contributed by atoms with E-state index in [1.54, 1.807) is 6.92 Å². The third kappa shape index (κ3) is 9.44. The molecule has 0 atom stereocenters. The van der Waals surface area contributed by atoms with Gasteiger partial charge in [0.15, 0.2) is 25.0 Å². The van der Waals surface area contributed by atoms with Crippen LogP contribution < -0.4 is 5.32 Å². The Balaban J connectivity index is 6.53. The Morgan fingerprint density at radius 1 is 0.706 bits per heavy atom. The van der Waals surface area contributed by atoms with E-state index in [-0.39, 0.29) is 21.0 Å². The van der Waals surface area contributed by atoms with Gasteiger partial charge in [0.1, 0.15) is 0 Å². The summed E-state index contributed by atoms with van der Waals surface area (Å²) in [7, 11) is -9.73. The van der Waals surface area contributed by atoms with Gasteiger partial charge >= 0.3 is 8.80 Å². The fourth-order valence-corrected chi connectivity index (χ4v) is 19.0. The lowest BCUT2D eigenvalue weighted by Crippen LogP contribution is -2.65. The van der Waals surface area contributed by atoms with Gasteiger partial charge in [0.25, 0.3) is 0 Å². The monoisotopic (exact) mass is 547 g/mol. The van der Waals surface area contributed by atoms with Crippen LogP contribution in [0.5, 0.6) is 0 Å². The van der Waals surface area contributed by atoms with Gasteiger partial charge in [-0.25, -0.2) is 0 Å². The van der Waals surface area contributed by atoms with E-state index in [1.165, 1.54) is 0 Å². The second kappa shape index (κ2) is 11.1. The standard InChI is InChI=1S/C25H57NO4Si4/c1-21(2)22(27)26-19-18-20-34(28-31(12,13)23(3,4)5,29-32(14,15)24(6,7)8)30-33(16,17)25(9,10)11/h1,18-20H2,2-17H3,(H,26,27). The minimum Gasteiger partial charge on any atom is -0.416 e. The number of hydrogen-bond acceptors (Lipinski definition) is 4. The smallest absolute Gasteiger partial charge is 0.416 e. The highest BCUT2D eigenvalue weighted by Crippen LogP contribution is 2.47. The number of amides is 1. The van der Waals surface area contributed by atoms with Gasteiger partial charge in [-0.1, -0.05) is 68.9 Å². The first-order valence-corrected chi connectivity index (χ1v) is 23.4. The zero-order chi connectivity index (χ0) is 27.6. The van der Waals surface area contributed by atoms with Crippen LogP contribution in [0.4, 0.5) is 0 Å². The molecule has 34 heavy (non-hydrogen) atoms. The molecule has 0 bridgehead atoms. The number of nitrogens with one attached hydrogen (secondary N) is 1. The maximum atomic E-state index is 12.1. The first kappa shape index (κ1) is 34.0. The predicted octanol–water partition coefficient (Wildman–Crippen LogP) is 8.07. The minimum atomic E-state index is -3.12. The number of rotatable bonds is 11. The summed E-state index contributed by atoms with van der Waals surface area (Å²) in [4.78, 5) is 12.1. The Kier molecular flexibility index (Phi) is 11.1. The Labute approximate surface area is 216 Å². The molecule has 0 aliphatic heterocycles. The van der Waals surface area contributed by atoms with Gasteiger partial charge < -0.3 is 17.7 Å². The van der Waals surface area contributed by atoms with Crippen molar-refractivity contribution in [1.82, 2.24) is 5.32 Å². The SMILES string of the molecule is C=C(C)C(=O)NCCC[Si](O[Si](C)(C)C(C)(C)C)(O[Si](C)(C)C(C)(C)C)O[Si](C)(C)C(C)(C)C. The third-order valence-corrected chi connectivity index (χ3v) is 29.6. The fraction of sp³-hybridized carbons (Fsp3) is 0.880. The van der Waals surface area contributed by atoms with Crippen LogP contribution in [-0.2, 0) is 17.1 Å². The van der Waals surface area contributed by atoms with Crippen molar-refractivity contribution < 1.29 is 17.1 Å². The lowest BCUT2D eigenvalue weighted by Gasteiger charge is -2.52. The Hall–Kier alpha value is -0.0425. The van der Waals surface area contributed by atoms with E-state index in [4.69, 9.17) is 12.3 Å². The molecule has 0 unspecified atom stereocenters. The van der Waals surface area contributed by atoms with Crippen LogP contribution in [-0.4, -0.2) is 46.2 Å². The van der Waals surface area contributed by atoms with E-state index in [2.05, 4.69) is 113 Å². The molecular weight excluding hydrogens is 491 g/mol. The lowest BCUT2D eigenvalue weighted by molar-refractivity contribution is -0.117. The van der Waals surface area contributed by atoms with Gasteiger partial charge in [0, 0.05) is 18.2 Å². The molecule has 0 saturated heterocycles. The normalized spacial score (nSPS) is 14.8. The minimum absolute atomic E-state index is 0.0347. The Morgan fingerprint density at radius 2 is 1.00 bits per heavy atom. The van der Waals surface area contributed by atoms with E-state index in [1.807, 2.05) is 0 Å². The van der Waals surface area contributed by atoms with Crippen LogP contribution in [0, 0.1) is 0 Å². The van der Waals surface area contributed by atoms with Crippen LogP contribution in [0.1, 0.15) is 75.7 Å². The molecule has 0 aliphatic rings. The van der Waals surface area contributed by atoms with E-state index in [9.17, 15) is 4.79 Å². The molecule has 5 nitrogen and oxygen atoms in total. The molecular formula is C25H57NO4Si4. The average molecular weight is 548 g/mol. The van der Waals surface area contributed by atoms with Crippen molar-refractivity contribution in [1.29, 1.82) is 0 Å². The quantitative estimate of drug-likeness (QED) is 0.161. The molecule has 0 heterocycles. The van der Waals surface area contributed by atoms with E-state index < -0.39 is 33.8 Å². The van der Waals surface area contributed by atoms with Crippen molar-refractivity contribution in [2.24, 2.45) is 0 Å². The lowest BCUT2D eigenvalue weighted by atomic mass is 10.2. The summed E-state index contributed by atoms with van der Waals surface area (Å²) in [5.41, 5.74) is 0.524. The van der Waals surface area contributed by atoms with Crippen LogP contribution in [0.2, 0.25) is 60.4 Å². The van der Waals surface area contributed by atoms with Crippen molar-refractivity contribution >= 4 is 39.7 Å². The van der Waals surface area contributed by atoms with Crippen molar-refractivity contribution in [3.8, 4) is 0 Å². The van der Waals surface area contributed by atoms with Gasteiger partial charge in [0.2, 0.25) is 5.91 Å². The van der Waals surface area contributed by atoms with E-state index in [0.717, 1.165) is 6.42 Å². The molecule has 1 N–H and O–H groups in total. The summed E-state index contributed by atoms with van der Waals surface area (Å²) in [6.07, 6.45) is 0.753. The molecule has 0 saturated carbocycles. The van der Waals surface area contributed by atoms with Gasteiger partial charge in [-0.2, -0.15) is 0 Å². The number of hydrogen-bond donors (Lipinski definition) is 1. The maximum absolute atomic E-state index is 12.1. The van der Waals surface area contributed by atoms with Gasteiger partial charge in [-0.05, 0) is 67.7 Å². The Bertz CT molecular complexity index is 645. The molecule has 0 rings (SSSR count). The molecule has 0 aromatic rings. The van der Waals surface area contributed by atoms with Crippen LogP contribution >= 0.6 is 0 Å². The second-order valence-electron chi connectivity index (χ2n) is 14.4. The van der Waals surface area contributed by atoms with E-state index >= 15 is 0 Å². The summed E-state index contributed by atoms with van der Waals surface area (Å²) in [5, 5.41) is 3.09. The summed E-state index contributed by atoms with van der Waals surface area (Å²) in [5.74, 6) is -0.104. The molecule has 0 aromatic carbocycles. The largest absolute Gasteiger partial charge is 0.469 e. The summed E-state index contributed by atoms with van der Waals surface area (Å²) in [6.45, 7) is 40.2. The highest BCUT2D eigenvalue weighted by Gasteiger charge is 2.57. The third-order valence-electron chi connectivity index (χ3n) is 7.98. The van der Waals surface area contributed by atoms with Crippen LogP contribution in [0.15, 0.2) is 12.2 Å². The van der Waals surface area contributed by atoms with E-state index in [0.29, 0.717) is 18.2 Å². The number of carbonyl (C=O) groups is 1. The predicted molar refractivity (Wildman–Crippen MR) is 158 cm³/mol. The second-order valence-corrected chi connectivity index (χ2v) is 32.3. The molecule has 1 amide bonds. The fourth-order valence-electron chi connectivity index (χ4n) is 2.50. The van der Waals surface area contributed by atoms with Gasteiger partial charge in [0.05, 0.1) is 0 Å². The Morgan fingerprint density at radius 3 is 1.24 bits per heavy atom. The van der Waals surface area contributed by atoms with Gasteiger partial charge in [-0.15, -0.1) is 0 Å².